The number of rotatable bonds is 5. The minimum Gasteiger partial charge on any atom is -0.759 e. The second-order valence-corrected chi connectivity index (χ2v) is 9.33. The molecule has 6 nitrogen and oxygen atoms in total. The Labute approximate surface area is 161 Å². The number of nitrogens with one attached hydrogen (secondary N) is 1. The van der Waals surface area contributed by atoms with Gasteiger partial charge in [-0.05, 0) is 34.1 Å². The van der Waals surface area contributed by atoms with Crippen molar-refractivity contribution in [1.82, 2.24) is 5.32 Å². The fourth-order valence-corrected chi connectivity index (χ4v) is 4.09. The number of ether oxygens (including phenoxy) is 1. The van der Waals surface area contributed by atoms with Crippen LogP contribution in [-0.4, -0.2) is 76.1 Å². The van der Waals surface area contributed by atoms with Crippen molar-refractivity contribution in [3.63, 3.8) is 0 Å². The summed E-state index contributed by atoms with van der Waals surface area (Å²) in [5.41, 5.74) is -0.871. The third-order valence-corrected chi connectivity index (χ3v) is 7.16. The monoisotopic (exact) mass is 552 g/mol. The predicted octanol–water partition coefficient (Wildman–Crippen LogP) is -0.265. The number of carbonyl (C=O) groups is 1. The molecule has 0 spiro atoms. The van der Waals surface area contributed by atoms with Crippen molar-refractivity contribution >= 4 is 26.5 Å². The number of amides is 1. The van der Waals surface area contributed by atoms with E-state index in [1.165, 1.54) is 25.4 Å². The molecule has 0 saturated carbocycles. The van der Waals surface area contributed by atoms with Gasteiger partial charge in [-0.15, -0.1) is 0 Å². The van der Waals surface area contributed by atoms with Crippen LogP contribution in [0.4, 0.5) is 0 Å². The zero-order chi connectivity index (χ0) is 17.3. The molecule has 1 aliphatic heterocycles. The van der Waals surface area contributed by atoms with Crippen LogP contribution >= 0.6 is 7.92 Å². The van der Waals surface area contributed by atoms with Gasteiger partial charge in [0.25, 0.3) is 0 Å². The molecule has 0 bridgehead atoms. The van der Waals surface area contributed by atoms with Crippen LogP contribution in [0, 0.1) is 0 Å². The van der Waals surface area contributed by atoms with Crippen LogP contribution in [0.5, 0.6) is 0 Å². The standard InChI is InChI=1S/C8H15NO5S.C6H15P.Au/c1-3(11)9-5-7(13)6(12)4(2-10)14-8(5)15;1-4-7(5-2)6-3;/h4-8,10,12-13,15H,2H2,1H3,(H,9,11);4-6H2,1-3H3;/q;;+1/t4?,5?,6-,7-,8+;;/m1../s1. The summed E-state index contributed by atoms with van der Waals surface area (Å²) < 4.78 is 5.07. The van der Waals surface area contributed by atoms with E-state index in [4.69, 9.17) is 22.5 Å². The minimum absolute atomic E-state index is 0. The summed E-state index contributed by atoms with van der Waals surface area (Å²) in [5, 5.41) is 30.4. The van der Waals surface area contributed by atoms with E-state index in [2.05, 4.69) is 26.1 Å². The molecule has 9 heteroatoms. The Morgan fingerprint density at radius 1 is 1.17 bits per heavy atom. The molecule has 1 fully saturated rings. The van der Waals surface area contributed by atoms with E-state index in [-0.39, 0.29) is 36.2 Å². The fourth-order valence-electron chi connectivity index (χ4n) is 2.22. The van der Waals surface area contributed by atoms with Gasteiger partial charge in [-0.3, -0.25) is 4.79 Å². The van der Waals surface area contributed by atoms with Crippen molar-refractivity contribution in [2.24, 2.45) is 0 Å². The van der Waals surface area contributed by atoms with Gasteiger partial charge in [-0.25, -0.2) is 0 Å². The number of hydrogen-bond acceptors (Lipinski definition) is 6. The van der Waals surface area contributed by atoms with Gasteiger partial charge in [0.15, 0.2) is 0 Å². The third kappa shape index (κ3) is 9.19. The zero-order valence-electron chi connectivity index (χ0n) is 14.1. The quantitative estimate of drug-likeness (QED) is 0.213. The molecule has 142 valence electrons. The van der Waals surface area contributed by atoms with Crippen molar-refractivity contribution in [2.75, 3.05) is 25.1 Å². The second kappa shape index (κ2) is 14.0. The molecule has 5 atom stereocenters. The molecule has 23 heavy (non-hydrogen) atoms. The van der Waals surface area contributed by atoms with Crippen LogP contribution < -0.4 is 5.32 Å². The van der Waals surface area contributed by atoms with E-state index in [0.29, 0.717) is 0 Å². The summed E-state index contributed by atoms with van der Waals surface area (Å²) in [6, 6.07) is -0.838. The molecule has 1 aliphatic rings. The van der Waals surface area contributed by atoms with Gasteiger partial charge < -0.3 is 38.0 Å². The van der Waals surface area contributed by atoms with Gasteiger partial charge in [0.05, 0.1) is 31.1 Å². The molecule has 4 N–H and O–H groups in total. The van der Waals surface area contributed by atoms with Gasteiger partial charge in [0.1, 0.15) is 18.3 Å². The van der Waals surface area contributed by atoms with Gasteiger partial charge in [0.2, 0.25) is 5.91 Å². The van der Waals surface area contributed by atoms with Crippen molar-refractivity contribution in [3.05, 3.63) is 0 Å². The Kier molecular flexibility index (Phi) is 15.9. The normalized spacial score (nSPS) is 30.0. The molecular weight excluding hydrogens is 522 g/mol. The molecule has 2 unspecified atom stereocenters. The summed E-state index contributed by atoms with van der Waals surface area (Å²) in [4.78, 5) is 10.8. The average Bonchev–Trinajstić information content (AvgIpc) is 2.49. The Bertz CT molecular complexity index is 320. The summed E-state index contributed by atoms with van der Waals surface area (Å²) in [6.45, 7) is 7.77. The fraction of sp³-hybridized carbons (Fsp3) is 0.929. The van der Waals surface area contributed by atoms with Gasteiger partial charge in [0, 0.05) is 6.92 Å². The van der Waals surface area contributed by atoms with E-state index in [9.17, 15) is 15.0 Å². The Balaban J connectivity index is 0. The van der Waals surface area contributed by atoms with Crippen LogP contribution in [0.1, 0.15) is 27.7 Å². The summed E-state index contributed by atoms with van der Waals surface area (Å²) in [7, 11) is 0.137. The van der Waals surface area contributed by atoms with Gasteiger partial charge in [-0.2, -0.15) is 0 Å². The third-order valence-electron chi connectivity index (χ3n) is 3.75. The van der Waals surface area contributed by atoms with Crippen LogP contribution in [0.15, 0.2) is 0 Å². The zero-order valence-corrected chi connectivity index (χ0v) is 18.1. The van der Waals surface area contributed by atoms with Gasteiger partial charge in [-0.1, -0.05) is 0 Å². The van der Waals surface area contributed by atoms with Gasteiger partial charge >= 0.3 is 22.4 Å². The largest absolute Gasteiger partial charge is 1.00 e. The Morgan fingerprint density at radius 3 is 1.96 bits per heavy atom. The van der Waals surface area contributed by atoms with Crippen molar-refractivity contribution in [1.29, 1.82) is 0 Å². The summed E-state index contributed by atoms with van der Waals surface area (Å²) in [5.74, 6) is -0.368. The molecule has 0 aromatic heterocycles. The number of aliphatic hydroxyl groups excluding tert-OH is 3. The van der Waals surface area contributed by atoms with Crippen molar-refractivity contribution in [3.8, 4) is 0 Å². The first-order chi connectivity index (χ1) is 10.3. The number of hydrogen-bond donors (Lipinski definition) is 4. The Morgan fingerprint density at radius 2 is 1.65 bits per heavy atom. The predicted molar refractivity (Wildman–Crippen MR) is 92.7 cm³/mol. The molecule has 0 aromatic rings. The van der Waals surface area contributed by atoms with E-state index in [0.717, 1.165) is 0 Å². The topological polar surface area (TPSA) is 99.0 Å². The number of carbonyl (C=O) groups excluding carboxylic acids is 1. The van der Waals surface area contributed by atoms with E-state index in [1.54, 1.807) is 0 Å². The van der Waals surface area contributed by atoms with Crippen molar-refractivity contribution in [2.45, 2.75) is 57.5 Å². The number of aliphatic hydroxyl groups is 3. The molecule has 1 saturated heterocycles. The van der Waals surface area contributed by atoms with Crippen LogP contribution in [0.25, 0.3) is 0 Å². The van der Waals surface area contributed by atoms with Crippen LogP contribution in [0.3, 0.4) is 0 Å². The molecule has 1 amide bonds. The second-order valence-electron chi connectivity index (χ2n) is 5.24. The molecular formula is C14H30AuNO5PS+. The molecule has 1 rings (SSSR count). The smallest absolute Gasteiger partial charge is 0.759 e. The van der Waals surface area contributed by atoms with E-state index in [1.807, 2.05) is 0 Å². The Hall–Kier alpha value is 0.830. The molecule has 0 aromatic carbocycles. The molecule has 1 heterocycles. The van der Waals surface area contributed by atoms with E-state index < -0.39 is 36.4 Å². The molecule has 0 aliphatic carbocycles. The summed E-state index contributed by atoms with van der Waals surface area (Å²) in [6.07, 6.45) is 0.966. The first kappa shape index (κ1) is 26.1. The SMILES string of the molecule is CC(=O)NC1[C@H]([S-])OC(CO)[C@@H](O)[C@@H]1O.CC[PH+](CC)CC.[Au+]. The maximum absolute atomic E-state index is 10.8. The van der Waals surface area contributed by atoms with Crippen LogP contribution in [0.2, 0.25) is 0 Å². The van der Waals surface area contributed by atoms with Crippen LogP contribution in [-0.2, 0) is 44.5 Å². The average molecular weight is 552 g/mol. The minimum atomic E-state index is -1.26. The van der Waals surface area contributed by atoms with E-state index >= 15 is 0 Å². The maximum atomic E-state index is 10.8. The van der Waals surface area contributed by atoms with Crippen molar-refractivity contribution < 1.29 is 47.2 Å². The molecule has 0 radical (unpaired) electrons. The summed E-state index contributed by atoms with van der Waals surface area (Å²) >= 11 is 4.88. The maximum Gasteiger partial charge on any atom is 1.00 e. The first-order valence-electron chi connectivity index (χ1n) is 7.71. The first-order valence-corrected chi connectivity index (χ1v) is 10.3.